The fourth-order valence-electron chi connectivity index (χ4n) is 3.53. The number of H-pyrrole nitrogens is 1. The lowest BCUT2D eigenvalue weighted by Crippen LogP contribution is -2.23. The zero-order chi connectivity index (χ0) is 18.3. The lowest BCUT2D eigenvalue weighted by atomic mass is 9.84. The summed E-state index contributed by atoms with van der Waals surface area (Å²) in [5, 5.41) is 10.4. The van der Waals surface area contributed by atoms with Crippen LogP contribution in [0.1, 0.15) is 61.8 Å². The predicted molar refractivity (Wildman–Crippen MR) is 99.0 cm³/mol. The van der Waals surface area contributed by atoms with Crippen LogP contribution in [0.4, 0.5) is 5.82 Å². The van der Waals surface area contributed by atoms with Gasteiger partial charge in [-0.15, -0.1) is 0 Å². The number of hydrogen-bond acceptors (Lipinski definition) is 4. The highest BCUT2D eigenvalue weighted by atomic mass is 16.5. The number of carbonyl (C=O) groups is 1. The van der Waals surface area contributed by atoms with Crippen molar-refractivity contribution >= 4 is 11.7 Å². The summed E-state index contributed by atoms with van der Waals surface area (Å²) in [6.07, 6.45) is 2.78. The quantitative estimate of drug-likeness (QED) is 0.826. The van der Waals surface area contributed by atoms with Gasteiger partial charge in [-0.1, -0.05) is 19.9 Å². The molecule has 2 aromatic rings. The number of anilines is 1. The number of aromatic nitrogens is 2. The minimum Gasteiger partial charge on any atom is -0.493 e. The molecule has 1 atom stereocenters. The first-order valence-corrected chi connectivity index (χ1v) is 9.25. The molecule has 2 aliphatic rings. The molecule has 1 amide bonds. The van der Waals surface area contributed by atoms with E-state index in [1.54, 1.807) is 7.11 Å². The fourth-order valence-corrected chi connectivity index (χ4v) is 3.53. The number of aromatic amines is 1. The van der Waals surface area contributed by atoms with Crippen molar-refractivity contribution in [1.82, 2.24) is 10.2 Å². The number of rotatable bonds is 6. The molecule has 1 aromatic carbocycles. The van der Waals surface area contributed by atoms with Gasteiger partial charge in [0.1, 0.15) is 0 Å². The van der Waals surface area contributed by atoms with Crippen LogP contribution >= 0.6 is 0 Å². The van der Waals surface area contributed by atoms with Crippen molar-refractivity contribution in [3.05, 3.63) is 35.0 Å². The Morgan fingerprint density at radius 3 is 2.77 bits per heavy atom. The molecule has 26 heavy (non-hydrogen) atoms. The van der Waals surface area contributed by atoms with Crippen LogP contribution in [0.5, 0.6) is 11.5 Å². The highest BCUT2D eigenvalue weighted by molar-refractivity contribution is 5.94. The molecule has 138 valence electrons. The van der Waals surface area contributed by atoms with E-state index in [1.807, 2.05) is 18.2 Å². The Morgan fingerprint density at radius 2 is 2.08 bits per heavy atom. The standard InChI is InChI=1S/C20H25N3O3/c1-11(2)10-26-15-7-6-13(8-16(15)25-3)14-9-17(24)21-20-18(14)19(22-23-20)12-4-5-12/h6-8,11-12,14H,4-5,9-10H2,1-3H3,(H2,21,22,23,24). The van der Waals surface area contributed by atoms with E-state index in [-0.39, 0.29) is 11.8 Å². The number of ether oxygens (including phenoxy) is 2. The minimum atomic E-state index is -0.0128. The second kappa shape index (κ2) is 6.67. The van der Waals surface area contributed by atoms with E-state index in [2.05, 4.69) is 29.4 Å². The van der Waals surface area contributed by atoms with E-state index in [1.165, 1.54) is 18.5 Å². The number of nitrogens with zero attached hydrogens (tertiary/aromatic N) is 1. The summed E-state index contributed by atoms with van der Waals surface area (Å²) in [4.78, 5) is 12.2. The van der Waals surface area contributed by atoms with E-state index in [4.69, 9.17) is 9.47 Å². The molecule has 4 rings (SSSR count). The van der Waals surface area contributed by atoms with Gasteiger partial charge in [0.2, 0.25) is 5.91 Å². The topological polar surface area (TPSA) is 76.2 Å². The molecular formula is C20H25N3O3. The molecule has 6 nitrogen and oxygen atoms in total. The third-order valence-corrected chi connectivity index (χ3v) is 4.98. The zero-order valence-electron chi connectivity index (χ0n) is 15.5. The Hall–Kier alpha value is -2.50. The molecule has 1 saturated carbocycles. The Balaban J connectivity index is 1.69. The Morgan fingerprint density at radius 1 is 1.27 bits per heavy atom. The second-order valence-electron chi connectivity index (χ2n) is 7.59. The Kier molecular flexibility index (Phi) is 4.34. The number of benzene rings is 1. The van der Waals surface area contributed by atoms with Gasteiger partial charge in [0, 0.05) is 29.5 Å². The highest BCUT2D eigenvalue weighted by Gasteiger charge is 2.37. The number of carbonyl (C=O) groups excluding carboxylic acids is 1. The van der Waals surface area contributed by atoms with Crippen molar-refractivity contribution in [2.75, 3.05) is 19.0 Å². The molecule has 1 aromatic heterocycles. The summed E-state index contributed by atoms with van der Waals surface area (Å²) in [7, 11) is 1.65. The average Bonchev–Trinajstić information content (AvgIpc) is 3.38. The SMILES string of the molecule is COc1cc(C2CC(=O)Nc3n[nH]c(C4CC4)c32)ccc1OCC(C)C. The maximum Gasteiger partial charge on any atom is 0.226 e. The monoisotopic (exact) mass is 355 g/mol. The lowest BCUT2D eigenvalue weighted by Gasteiger charge is -2.24. The molecule has 1 aliphatic carbocycles. The fraction of sp³-hybridized carbons (Fsp3) is 0.500. The molecule has 0 radical (unpaired) electrons. The third-order valence-electron chi connectivity index (χ3n) is 4.98. The molecule has 2 N–H and O–H groups in total. The molecular weight excluding hydrogens is 330 g/mol. The van der Waals surface area contributed by atoms with Gasteiger partial charge in [-0.05, 0) is 36.5 Å². The average molecular weight is 355 g/mol. The zero-order valence-corrected chi connectivity index (χ0v) is 15.5. The number of nitrogens with one attached hydrogen (secondary N) is 2. The van der Waals surface area contributed by atoms with Gasteiger partial charge in [0.15, 0.2) is 17.3 Å². The van der Waals surface area contributed by atoms with Crippen molar-refractivity contribution < 1.29 is 14.3 Å². The van der Waals surface area contributed by atoms with Crippen LogP contribution in [0.15, 0.2) is 18.2 Å². The first-order valence-electron chi connectivity index (χ1n) is 9.25. The van der Waals surface area contributed by atoms with Crippen LogP contribution in [-0.4, -0.2) is 29.8 Å². The summed E-state index contributed by atoms with van der Waals surface area (Å²) >= 11 is 0. The van der Waals surface area contributed by atoms with Crippen molar-refractivity contribution in [3.8, 4) is 11.5 Å². The van der Waals surface area contributed by atoms with E-state index < -0.39 is 0 Å². The van der Waals surface area contributed by atoms with Crippen LogP contribution in [0.3, 0.4) is 0 Å². The smallest absolute Gasteiger partial charge is 0.226 e. The van der Waals surface area contributed by atoms with Gasteiger partial charge in [0.05, 0.1) is 13.7 Å². The van der Waals surface area contributed by atoms with Gasteiger partial charge in [-0.2, -0.15) is 5.10 Å². The molecule has 6 heteroatoms. The molecule has 0 bridgehead atoms. The molecule has 0 spiro atoms. The summed E-state index contributed by atoms with van der Waals surface area (Å²) < 4.78 is 11.4. The Bertz CT molecular complexity index is 824. The molecule has 1 unspecified atom stereocenters. The first-order chi connectivity index (χ1) is 12.6. The third kappa shape index (κ3) is 3.16. The normalized spacial score (nSPS) is 19.2. The predicted octanol–water partition coefficient (Wildman–Crippen LogP) is 3.80. The van der Waals surface area contributed by atoms with E-state index >= 15 is 0 Å². The maximum atomic E-state index is 12.2. The van der Waals surface area contributed by atoms with Crippen LogP contribution in [0.2, 0.25) is 0 Å². The number of amides is 1. The number of fused-ring (bicyclic) bond motifs is 1. The van der Waals surface area contributed by atoms with Crippen molar-refractivity contribution in [3.63, 3.8) is 0 Å². The highest BCUT2D eigenvalue weighted by Crippen LogP contribution is 2.48. The van der Waals surface area contributed by atoms with E-state index in [9.17, 15) is 4.79 Å². The summed E-state index contributed by atoms with van der Waals surface area (Å²) in [5.74, 6) is 3.08. The maximum absolute atomic E-state index is 12.2. The van der Waals surface area contributed by atoms with Crippen LogP contribution < -0.4 is 14.8 Å². The van der Waals surface area contributed by atoms with Crippen molar-refractivity contribution in [2.45, 2.75) is 44.9 Å². The van der Waals surface area contributed by atoms with Crippen LogP contribution in [0, 0.1) is 5.92 Å². The Labute approximate surface area is 153 Å². The molecule has 2 heterocycles. The van der Waals surface area contributed by atoms with Gasteiger partial charge in [-0.25, -0.2) is 0 Å². The van der Waals surface area contributed by atoms with Crippen LogP contribution in [-0.2, 0) is 4.79 Å². The van der Waals surface area contributed by atoms with Gasteiger partial charge >= 0.3 is 0 Å². The lowest BCUT2D eigenvalue weighted by molar-refractivity contribution is -0.116. The van der Waals surface area contributed by atoms with Crippen molar-refractivity contribution in [2.24, 2.45) is 5.92 Å². The van der Waals surface area contributed by atoms with Crippen LogP contribution in [0.25, 0.3) is 0 Å². The molecule has 1 aliphatic heterocycles. The summed E-state index contributed by atoms with van der Waals surface area (Å²) in [6.45, 7) is 4.86. The van der Waals surface area contributed by atoms with E-state index in [0.717, 1.165) is 16.9 Å². The van der Waals surface area contributed by atoms with Gasteiger partial charge in [0.25, 0.3) is 0 Å². The first kappa shape index (κ1) is 16.9. The summed E-state index contributed by atoms with van der Waals surface area (Å²) in [6, 6.07) is 5.97. The van der Waals surface area contributed by atoms with Gasteiger partial charge in [-0.3, -0.25) is 9.89 Å². The number of hydrogen-bond donors (Lipinski definition) is 2. The van der Waals surface area contributed by atoms with Gasteiger partial charge < -0.3 is 14.8 Å². The molecule has 0 saturated heterocycles. The largest absolute Gasteiger partial charge is 0.493 e. The van der Waals surface area contributed by atoms with Crippen molar-refractivity contribution in [1.29, 1.82) is 0 Å². The number of methoxy groups -OCH3 is 1. The minimum absolute atomic E-state index is 0.00421. The van der Waals surface area contributed by atoms with E-state index in [0.29, 0.717) is 36.4 Å². The second-order valence-corrected chi connectivity index (χ2v) is 7.59. The summed E-state index contributed by atoms with van der Waals surface area (Å²) in [5.41, 5.74) is 3.35. The molecule has 1 fully saturated rings.